The third kappa shape index (κ3) is 2.96. The van der Waals surface area contributed by atoms with Gasteiger partial charge in [-0.1, -0.05) is 7.43 Å². The fourth-order valence-electron chi connectivity index (χ4n) is 2.12. The number of hydrogen-bond acceptors (Lipinski definition) is 2. The summed E-state index contributed by atoms with van der Waals surface area (Å²) in [6, 6.07) is 1.31. The molecule has 0 aliphatic carbocycles. The van der Waals surface area contributed by atoms with Crippen LogP contribution >= 0.6 is 0 Å². The molecule has 2 atom stereocenters. The van der Waals surface area contributed by atoms with E-state index in [2.05, 4.69) is 25.7 Å². The van der Waals surface area contributed by atoms with Crippen LogP contribution in [0.3, 0.4) is 0 Å². The molecule has 0 bridgehead atoms. The second kappa shape index (κ2) is 5.61. The van der Waals surface area contributed by atoms with E-state index in [9.17, 15) is 0 Å². The van der Waals surface area contributed by atoms with Crippen molar-refractivity contribution in [2.24, 2.45) is 0 Å². The molecule has 0 amide bonds. The third-order valence-electron chi connectivity index (χ3n) is 2.92. The number of nitrogens with zero attached hydrogens (tertiary/aromatic N) is 1. The maximum Gasteiger partial charge on any atom is 0.0698 e. The predicted molar refractivity (Wildman–Crippen MR) is 58.1 cm³/mol. The lowest BCUT2D eigenvalue weighted by Gasteiger charge is -2.31. The van der Waals surface area contributed by atoms with E-state index in [0.717, 1.165) is 0 Å². The van der Waals surface area contributed by atoms with Gasteiger partial charge in [-0.25, -0.2) is 0 Å². The maximum absolute atomic E-state index is 5.37. The second-order valence-corrected chi connectivity index (χ2v) is 3.98. The van der Waals surface area contributed by atoms with Crippen LogP contribution in [0.25, 0.3) is 0 Å². The predicted octanol–water partition coefficient (Wildman–Crippen LogP) is 2.53. The molecule has 1 fully saturated rings. The van der Waals surface area contributed by atoms with Gasteiger partial charge in [-0.05, 0) is 40.2 Å². The van der Waals surface area contributed by atoms with Crippen LogP contribution in [0.4, 0.5) is 0 Å². The summed E-state index contributed by atoms with van der Waals surface area (Å²) in [6.45, 7) is 7.95. The van der Waals surface area contributed by atoms with E-state index in [1.807, 2.05) is 7.11 Å². The molecule has 13 heavy (non-hydrogen) atoms. The fourth-order valence-corrected chi connectivity index (χ4v) is 2.12. The topological polar surface area (TPSA) is 12.5 Å². The largest absolute Gasteiger partial charge is 0.380 e. The maximum atomic E-state index is 5.37. The van der Waals surface area contributed by atoms with Crippen LogP contribution in [-0.2, 0) is 4.74 Å². The van der Waals surface area contributed by atoms with Gasteiger partial charge in [0.25, 0.3) is 0 Å². The molecule has 0 N–H and O–H groups in total. The molecule has 0 aromatic heterocycles. The molecule has 0 saturated carbocycles. The number of ether oxygens (including phenoxy) is 1. The van der Waals surface area contributed by atoms with Gasteiger partial charge in [-0.2, -0.15) is 0 Å². The van der Waals surface area contributed by atoms with E-state index in [-0.39, 0.29) is 7.43 Å². The Labute approximate surface area is 83.3 Å². The Morgan fingerprint density at radius 2 is 1.92 bits per heavy atom. The van der Waals surface area contributed by atoms with Crippen molar-refractivity contribution in [3.63, 3.8) is 0 Å². The lowest BCUT2D eigenvalue weighted by atomic mass is 10.1. The highest BCUT2D eigenvalue weighted by atomic mass is 16.5. The molecule has 1 heterocycles. The van der Waals surface area contributed by atoms with Crippen LogP contribution in [0.1, 0.15) is 41.0 Å². The average molecular weight is 187 g/mol. The van der Waals surface area contributed by atoms with Crippen LogP contribution in [0.2, 0.25) is 0 Å². The molecule has 0 unspecified atom stereocenters. The molecule has 0 radical (unpaired) electrons. The molecule has 0 aromatic rings. The molecule has 1 rings (SSSR count). The SMILES string of the molecule is C.CO[C@@H](C)[C@@H]1CCCN1C(C)C. The first-order chi connectivity index (χ1) is 5.66. The first-order valence-electron chi connectivity index (χ1n) is 4.95. The van der Waals surface area contributed by atoms with E-state index in [1.54, 1.807) is 0 Å². The number of likely N-dealkylation sites (tertiary alicyclic amines) is 1. The van der Waals surface area contributed by atoms with Gasteiger partial charge in [0, 0.05) is 19.2 Å². The third-order valence-corrected chi connectivity index (χ3v) is 2.92. The quantitative estimate of drug-likeness (QED) is 0.673. The van der Waals surface area contributed by atoms with E-state index < -0.39 is 0 Å². The number of rotatable bonds is 3. The Morgan fingerprint density at radius 3 is 2.38 bits per heavy atom. The van der Waals surface area contributed by atoms with E-state index >= 15 is 0 Å². The van der Waals surface area contributed by atoms with Crippen molar-refractivity contribution < 1.29 is 4.74 Å². The lowest BCUT2D eigenvalue weighted by Crippen LogP contribution is -2.42. The highest BCUT2D eigenvalue weighted by Gasteiger charge is 2.30. The Hall–Kier alpha value is -0.0800. The van der Waals surface area contributed by atoms with Crippen molar-refractivity contribution >= 4 is 0 Å². The molecule has 1 aliphatic heterocycles. The summed E-state index contributed by atoms with van der Waals surface area (Å²) in [7, 11) is 1.81. The average Bonchev–Trinajstić information content (AvgIpc) is 2.50. The minimum Gasteiger partial charge on any atom is -0.380 e. The molecule has 80 valence electrons. The monoisotopic (exact) mass is 187 g/mol. The van der Waals surface area contributed by atoms with Gasteiger partial charge in [-0.15, -0.1) is 0 Å². The molecule has 0 spiro atoms. The molecule has 1 aliphatic rings. The second-order valence-electron chi connectivity index (χ2n) is 3.98. The Bertz CT molecular complexity index is 136. The number of methoxy groups -OCH3 is 1. The van der Waals surface area contributed by atoms with Crippen molar-refractivity contribution in [3.8, 4) is 0 Å². The van der Waals surface area contributed by atoms with Gasteiger partial charge in [0.15, 0.2) is 0 Å². The summed E-state index contributed by atoms with van der Waals surface area (Å²) < 4.78 is 5.37. The highest BCUT2D eigenvalue weighted by molar-refractivity contribution is 4.85. The summed E-state index contributed by atoms with van der Waals surface area (Å²) in [6.07, 6.45) is 3.01. The zero-order valence-electron chi connectivity index (χ0n) is 8.71. The van der Waals surface area contributed by atoms with Crippen LogP contribution < -0.4 is 0 Å². The van der Waals surface area contributed by atoms with Gasteiger partial charge >= 0.3 is 0 Å². The van der Waals surface area contributed by atoms with Gasteiger partial charge < -0.3 is 4.74 Å². The van der Waals surface area contributed by atoms with Crippen molar-refractivity contribution in [2.75, 3.05) is 13.7 Å². The van der Waals surface area contributed by atoms with Crippen LogP contribution in [0.15, 0.2) is 0 Å². The fraction of sp³-hybridized carbons (Fsp3) is 1.00. The normalized spacial score (nSPS) is 26.1. The Morgan fingerprint density at radius 1 is 1.31 bits per heavy atom. The highest BCUT2D eigenvalue weighted by Crippen LogP contribution is 2.23. The van der Waals surface area contributed by atoms with Crippen molar-refractivity contribution in [1.82, 2.24) is 4.90 Å². The van der Waals surface area contributed by atoms with Crippen molar-refractivity contribution in [3.05, 3.63) is 0 Å². The van der Waals surface area contributed by atoms with Gasteiger partial charge in [0.05, 0.1) is 6.10 Å². The van der Waals surface area contributed by atoms with Gasteiger partial charge in [0.2, 0.25) is 0 Å². The molecular formula is C11H25NO. The van der Waals surface area contributed by atoms with Crippen molar-refractivity contribution in [2.45, 2.75) is 59.2 Å². The molecule has 0 aromatic carbocycles. The molecule has 2 nitrogen and oxygen atoms in total. The van der Waals surface area contributed by atoms with Crippen molar-refractivity contribution in [1.29, 1.82) is 0 Å². The summed E-state index contributed by atoms with van der Waals surface area (Å²) in [5.74, 6) is 0. The van der Waals surface area contributed by atoms with Crippen LogP contribution in [0, 0.1) is 0 Å². The van der Waals surface area contributed by atoms with Gasteiger partial charge in [0.1, 0.15) is 0 Å². The molecule has 1 saturated heterocycles. The van der Waals surface area contributed by atoms with E-state index in [1.165, 1.54) is 19.4 Å². The molecule has 2 heteroatoms. The first kappa shape index (κ1) is 12.9. The lowest BCUT2D eigenvalue weighted by molar-refractivity contribution is 0.0328. The molecular weight excluding hydrogens is 162 g/mol. The Balaban J connectivity index is 0.00000144. The smallest absolute Gasteiger partial charge is 0.0698 e. The minimum absolute atomic E-state index is 0. The summed E-state index contributed by atoms with van der Waals surface area (Å²) in [5, 5.41) is 0. The minimum atomic E-state index is 0. The van der Waals surface area contributed by atoms with E-state index in [4.69, 9.17) is 4.74 Å². The van der Waals surface area contributed by atoms with Gasteiger partial charge in [-0.3, -0.25) is 4.90 Å². The standard InChI is InChI=1S/C10H21NO.CH4/c1-8(2)11-7-5-6-10(11)9(3)12-4;/h8-10H,5-7H2,1-4H3;1H4/t9-,10-;/m0./s1. The van der Waals surface area contributed by atoms with Crippen LogP contribution in [-0.4, -0.2) is 36.7 Å². The van der Waals surface area contributed by atoms with E-state index in [0.29, 0.717) is 18.2 Å². The number of hydrogen-bond donors (Lipinski definition) is 0. The first-order valence-corrected chi connectivity index (χ1v) is 4.95. The summed E-state index contributed by atoms with van der Waals surface area (Å²) in [5.41, 5.74) is 0. The summed E-state index contributed by atoms with van der Waals surface area (Å²) in [4.78, 5) is 2.55. The van der Waals surface area contributed by atoms with Crippen LogP contribution in [0.5, 0.6) is 0 Å². The zero-order chi connectivity index (χ0) is 9.14. The summed E-state index contributed by atoms with van der Waals surface area (Å²) >= 11 is 0. The zero-order valence-corrected chi connectivity index (χ0v) is 8.71. The Kier molecular flexibility index (Phi) is 5.57.